The van der Waals surface area contributed by atoms with Crippen LogP contribution in [0.15, 0.2) is 79.0 Å². The summed E-state index contributed by atoms with van der Waals surface area (Å²) in [4.78, 5) is 16.2. The van der Waals surface area contributed by atoms with Crippen LogP contribution in [0.5, 0.6) is 11.5 Å². The van der Waals surface area contributed by atoms with Crippen molar-refractivity contribution < 1.29 is 19.7 Å². The summed E-state index contributed by atoms with van der Waals surface area (Å²) in [6.07, 6.45) is 1.22. The van der Waals surface area contributed by atoms with Crippen molar-refractivity contribution in [2.75, 3.05) is 13.2 Å². The number of halogens is 1. The summed E-state index contributed by atoms with van der Waals surface area (Å²) in [5, 5.41) is 24.7. The molecule has 0 saturated carbocycles. The van der Waals surface area contributed by atoms with Crippen LogP contribution in [0.25, 0.3) is 10.9 Å². The lowest BCUT2D eigenvalue weighted by molar-refractivity contribution is 0.0998. The van der Waals surface area contributed by atoms with E-state index in [0.29, 0.717) is 39.4 Å². The van der Waals surface area contributed by atoms with E-state index in [0.717, 1.165) is 5.56 Å². The average Bonchev–Trinajstić information content (AvgIpc) is 2.87. The maximum Gasteiger partial charge on any atom is 0.254 e. The van der Waals surface area contributed by atoms with Gasteiger partial charge in [0.1, 0.15) is 11.3 Å². The molecule has 35 heavy (non-hydrogen) atoms. The maximum atomic E-state index is 11.9. The van der Waals surface area contributed by atoms with Gasteiger partial charge < -0.3 is 26.0 Å². The van der Waals surface area contributed by atoms with Crippen LogP contribution in [0, 0.1) is 0 Å². The van der Waals surface area contributed by atoms with Crippen LogP contribution in [0.1, 0.15) is 27.6 Å². The Morgan fingerprint density at radius 1 is 1.09 bits per heavy atom. The Bertz CT molecular complexity index is 1310. The second-order valence-electron chi connectivity index (χ2n) is 8.19. The molecular weight excluding hydrogens is 466 g/mol. The van der Waals surface area contributed by atoms with E-state index in [-0.39, 0.29) is 24.8 Å². The highest BCUT2D eigenvalue weighted by Gasteiger charge is 2.16. The molecule has 3 aromatic carbocycles. The standard InChI is InChI=1S/C27H26ClN3O4/c28-19-5-3-4-18(13-19)25(33)15-30-20(16-32)12-17-8-10-21(11-9-17)35-26-22-6-1-2-7-24(22)31-14-23(26)27(29)34/h1-11,13-14,20,25,30,32-33H,12,15-16H2,(H2,29,34)/t20-,25+/m0/s1. The molecule has 0 fully saturated rings. The predicted molar refractivity (Wildman–Crippen MR) is 136 cm³/mol. The zero-order valence-corrected chi connectivity index (χ0v) is 19.7. The summed E-state index contributed by atoms with van der Waals surface area (Å²) in [5.41, 5.74) is 8.11. The number of hydrogen-bond acceptors (Lipinski definition) is 6. The number of carbonyl (C=O) groups is 1. The van der Waals surface area contributed by atoms with Gasteiger partial charge in [-0.2, -0.15) is 0 Å². The number of fused-ring (bicyclic) bond motifs is 1. The van der Waals surface area contributed by atoms with Crippen molar-refractivity contribution in [3.05, 3.63) is 101 Å². The molecule has 1 amide bonds. The van der Waals surface area contributed by atoms with Crippen molar-refractivity contribution in [3.63, 3.8) is 0 Å². The molecule has 180 valence electrons. The number of aromatic nitrogens is 1. The van der Waals surface area contributed by atoms with Gasteiger partial charge in [0, 0.05) is 29.2 Å². The van der Waals surface area contributed by atoms with Gasteiger partial charge in [-0.25, -0.2) is 0 Å². The first kappa shape index (κ1) is 24.6. The number of para-hydroxylation sites is 1. The minimum Gasteiger partial charge on any atom is -0.456 e. The molecule has 0 aliphatic heterocycles. The molecule has 4 rings (SSSR count). The lowest BCUT2D eigenvalue weighted by Gasteiger charge is -2.19. The first-order valence-corrected chi connectivity index (χ1v) is 11.5. The van der Waals surface area contributed by atoms with Gasteiger partial charge in [-0.3, -0.25) is 9.78 Å². The Balaban J connectivity index is 1.42. The highest BCUT2D eigenvalue weighted by molar-refractivity contribution is 6.30. The van der Waals surface area contributed by atoms with E-state index in [1.807, 2.05) is 36.4 Å². The van der Waals surface area contributed by atoms with E-state index >= 15 is 0 Å². The Morgan fingerprint density at radius 3 is 2.57 bits per heavy atom. The molecule has 0 radical (unpaired) electrons. The van der Waals surface area contributed by atoms with Crippen LogP contribution >= 0.6 is 11.6 Å². The first-order valence-electron chi connectivity index (χ1n) is 11.2. The molecule has 1 aromatic heterocycles. The van der Waals surface area contributed by atoms with Crippen LogP contribution < -0.4 is 15.8 Å². The number of carbonyl (C=O) groups excluding carboxylic acids is 1. The molecular formula is C27H26ClN3O4. The minimum absolute atomic E-state index is 0.0918. The number of aliphatic hydroxyl groups excluding tert-OH is 2. The maximum absolute atomic E-state index is 11.9. The lowest BCUT2D eigenvalue weighted by Crippen LogP contribution is -2.37. The van der Waals surface area contributed by atoms with Crippen molar-refractivity contribution in [1.29, 1.82) is 0 Å². The second-order valence-corrected chi connectivity index (χ2v) is 8.63. The van der Waals surface area contributed by atoms with E-state index in [1.54, 1.807) is 36.4 Å². The minimum atomic E-state index is -0.742. The molecule has 0 aliphatic carbocycles. The topological polar surface area (TPSA) is 118 Å². The number of hydrogen-bond donors (Lipinski definition) is 4. The summed E-state index contributed by atoms with van der Waals surface area (Å²) in [6, 6.07) is 21.5. The van der Waals surface area contributed by atoms with Crippen molar-refractivity contribution in [3.8, 4) is 11.5 Å². The third-order valence-corrected chi connectivity index (χ3v) is 5.91. The molecule has 8 heteroatoms. The van der Waals surface area contributed by atoms with Gasteiger partial charge in [0.2, 0.25) is 0 Å². The van der Waals surface area contributed by atoms with Crippen molar-refractivity contribution in [1.82, 2.24) is 10.3 Å². The largest absolute Gasteiger partial charge is 0.456 e. The highest BCUT2D eigenvalue weighted by Crippen LogP contribution is 2.32. The van der Waals surface area contributed by atoms with Gasteiger partial charge in [0.25, 0.3) is 5.91 Å². The van der Waals surface area contributed by atoms with Gasteiger partial charge in [0.15, 0.2) is 5.75 Å². The Morgan fingerprint density at radius 2 is 1.86 bits per heavy atom. The quantitative estimate of drug-likeness (QED) is 0.266. The monoisotopic (exact) mass is 491 g/mol. The zero-order valence-electron chi connectivity index (χ0n) is 18.9. The predicted octanol–water partition coefficient (Wildman–Crippen LogP) is 4.01. The smallest absolute Gasteiger partial charge is 0.254 e. The molecule has 0 unspecified atom stereocenters. The molecule has 1 heterocycles. The fraction of sp³-hybridized carbons (Fsp3) is 0.185. The van der Waals surface area contributed by atoms with E-state index in [4.69, 9.17) is 22.1 Å². The summed E-state index contributed by atoms with van der Waals surface area (Å²) < 4.78 is 6.06. The van der Waals surface area contributed by atoms with E-state index in [9.17, 15) is 15.0 Å². The Labute approximate surface area is 208 Å². The Kier molecular flexibility index (Phi) is 7.94. The summed E-state index contributed by atoms with van der Waals surface area (Å²) >= 11 is 6.00. The van der Waals surface area contributed by atoms with Gasteiger partial charge in [-0.1, -0.05) is 48.0 Å². The number of nitrogens with zero attached hydrogens (tertiary/aromatic N) is 1. The second kappa shape index (κ2) is 11.3. The van der Waals surface area contributed by atoms with Gasteiger partial charge in [-0.05, 0) is 53.9 Å². The SMILES string of the molecule is NC(=O)c1cnc2ccccc2c1Oc1ccc(C[C@@H](CO)NC[C@@H](O)c2cccc(Cl)c2)cc1. The van der Waals surface area contributed by atoms with Crippen molar-refractivity contribution in [2.45, 2.75) is 18.6 Å². The number of benzene rings is 3. The highest BCUT2D eigenvalue weighted by atomic mass is 35.5. The molecule has 0 spiro atoms. The number of nitrogens with two attached hydrogens (primary N) is 1. The zero-order chi connectivity index (χ0) is 24.8. The Hall–Kier alpha value is -3.49. The number of aliphatic hydroxyl groups is 2. The third kappa shape index (κ3) is 6.15. The fourth-order valence-electron chi connectivity index (χ4n) is 3.81. The van der Waals surface area contributed by atoms with Gasteiger partial charge >= 0.3 is 0 Å². The number of nitrogens with one attached hydrogen (secondary N) is 1. The van der Waals surface area contributed by atoms with E-state index in [1.165, 1.54) is 6.20 Å². The third-order valence-electron chi connectivity index (χ3n) is 5.67. The number of pyridine rings is 1. The van der Waals surface area contributed by atoms with Crippen LogP contribution in [0.3, 0.4) is 0 Å². The molecule has 0 bridgehead atoms. The van der Waals surface area contributed by atoms with Crippen LogP contribution in [-0.4, -0.2) is 40.3 Å². The van der Waals surface area contributed by atoms with E-state index < -0.39 is 12.0 Å². The van der Waals surface area contributed by atoms with E-state index in [2.05, 4.69) is 10.3 Å². The number of amides is 1. The summed E-state index contributed by atoms with van der Waals surface area (Å²) in [7, 11) is 0. The lowest BCUT2D eigenvalue weighted by atomic mass is 10.0. The molecule has 7 nitrogen and oxygen atoms in total. The van der Waals surface area contributed by atoms with Gasteiger partial charge in [-0.15, -0.1) is 0 Å². The number of ether oxygens (including phenoxy) is 1. The van der Waals surface area contributed by atoms with Crippen molar-refractivity contribution >= 4 is 28.4 Å². The first-order chi connectivity index (χ1) is 16.9. The normalized spacial score (nSPS) is 12.9. The summed E-state index contributed by atoms with van der Waals surface area (Å²) in [6.45, 7) is 0.184. The molecule has 2 atom stereocenters. The molecule has 0 aliphatic rings. The molecule has 0 saturated heterocycles. The molecule has 4 aromatic rings. The van der Waals surface area contributed by atoms with Crippen LogP contribution in [0.2, 0.25) is 5.02 Å². The van der Waals surface area contributed by atoms with Crippen LogP contribution in [-0.2, 0) is 6.42 Å². The summed E-state index contributed by atoms with van der Waals surface area (Å²) in [5.74, 6) is 0.282. The number of rotatable bonds is 10. The fourth-order valence-corrected chi connectivity index (χ4v) is 4.01. The van der Waals surface area contributed by atoms with Crippen LogP contribution in [0.4, 0.5) is 0 Å². The average molecular weight is 492 g/mol. The number of primary amides is 1. The molecule has 5 N–H and O–H groups in total. The van der Waals surface area contributed by atoms with Gasteiger partial charge in [0.05, 0.1) is 18.2 Å². The van der Waals surface area contributed by atoms with Crippen molar-refractivity contribution in [2.24, 2.45) is 5.73 Å².